The predicted molar refractivity (Wildman–Crippen MR) is 187 cm³/mol. The first-order chi connectivity index (χ1) is 22.4. The van der Waals surface area contributed by atoms with Crippen molar-refractivity contribution in [1.82, 2.24) is 30.2 Å². The fourth-order valence-electron chi connectivity index (χ4n) is 8.53. The summed E-state index contributed by atoms with van der Waals surface area (Å²) in [7, 11) is -3.56. The standard InChI is InChI=1S/C36H57N7O3S/c1-25-9-6-10-26(2)33(25)31-20-32-40-34(39-31)41-47(44,45)30-12-7-11-28(19-30)23-43(29(24-46-32)21-36(3,4)5)22-27-13-17-42(18-14-27)35-37-15-8-16-38-35/h6,8-10,15-16,27-32,34,39-41H,7,11-14,17-24H2,1-5H3/t28?,29-,30?,31?,32?,34?/m1/s1. The van der Waals surface area contributed by atoms with Crippen molar-refractivity contribution in [1.29, 1.82) is 0 Å². The molecule has 3 saturated heterocycles. The highest BCUT2D eigenvalue weighted by atomic mass is 32.2. The summed E-state index contributed by atoms with van der Waals surface area (Å²) in [5.41, 5.74) is 3.77. The van der Waals surface area contributed by atoms with Crippen LogP contribution in [0.4, 0.5) is 5.95 Å². The zero-order chi connectivity index (χ0) is 33.2. The number of ether oxygens (including phenoxy) is 1. The average Bonchev–Trinajstić information content (AvgIpc) is 3.03. The van der Waals surface area contributed by atoms with Gasteiger partial charge in [-0.25, -0.2) is 18.4 Å². The topological polar surface area (TPSA) is 112 Å². The van der Waals surface area contributed by atoms with Crippen molar-refractivity contribution in [3.8, 4) is 0 Å². The third-order valence-electron chi connectivity index (χ3n) is 10.8. The smallest absolute Gasteiger partial charge is 0.225 e. The lowest BCUT2D eigenvalue weighted by Crippen LogP contribution is -2.64. The minimum absolute atomic E-state index is 0.0321. The molecule has 10 nitrogen and oxygen atoms in total. The molecule has 1 aliphatic carbocycles. The first kappa shape index (κ1) is 34.7. The lowest BCUT2D eigenvalue weighted by atomic mass is 9.84. The van der Waals surface area contributed by atoms with Gasteiger partial charge in [0.15, 0.2) is 0 Å². The van der Waals surface area contributed by atoms with Crippen LogP contribution in [0.5, 0.6) is 0 Å². The largest absolute Gasteiger partial charge is 0.362 e. The van der Waals surface area contributed by atoms with E-state index in [2.05, 4.69) is 87.9 Å². The van der Waals surface area contributed by atoms with Gasteiger partial charge in [0.25, 0.3) is 0 Å². The normalized spacial score (nSPS) is 31.4. The Hall–Kier alpha value is -2.15. The fourth-order valence-corrected chi connectivity index (χ4v) is 10.2. The second-order valence-corrected chi connectivity index (χ2v) is 17.8. The molecule has 0 radical (unpaired) electrons. The van der Waals surface area contributed by atoms with Crippen LogP contribution in [0.3, 0.4) is 0 Å². The highest BCUT2D eigenvalue weighted by Crippen LogP contribution is 2.35. The summed E-state index contributed by atoms with van der Waals surface area (Å²) in [6.07, 6.45) is 10.1. The number of rotatable bonds is 5. The number of nitrogens with one attached hydrogen (secondary N) is 3. The zero-order valence-electron chi connectivity index (χ0n) is 29.1. The molecule has 2 aromatic rings. The quantitative estimate of drug-likeness (QED) is 0.412. The van der Waals surface area contributed by atoms with E-state index in [-0.39, 0.29) is 29.0 Å². The molecule has 0 spiro atoms. The van der Waals surface area contributed by atoms with Gasteiger partial charge in [-0.2, -0.15) is 4.72 Å². The molecular formula is C36H57N7O3S. The molecular weight excluding hydrogens is 611 g/mol. The molecule has 1 aromatic carbocycles. The molecule has 3 N–H and O–H groups in total. The number of sulfonamides is 1. The van der Waals surface area contributed by atoms with Crippen molar-refractivity contribution < 1.29 is 13.2 Å². The highest BCUT2D eigenvalue weighted by Gasteiger charge is 2.40. The molecule has 47 heavy (non-hydrogen) atoms. The molecule has 6 atom stereocenters. The third kappa shape index (κ3) is 8.91. The van der Waals surface area contributed by atoms with E-state index in [1.54, 1.807) is 0 Å². The summed E-state index contributed by atoms with van der Waals surface area (Å²) in [4.78, 5) is 14.0. The van der Waals surface area contributed by atoms with Crippen LogP contribution in [0.15, 0.2) is 36.7 Å². The van der Waals surface area contributed by atoms with Crippen LogP contribution in [0.25, 0.3) is 0 Å². The van der Waals surface area contributed by atoms with Crippen molar-refractivity contribution >= 4 is 16.0 Å². The van der Waals surface area contributed by atoms with Gasteiger partial charge < -0.3 is 9.64 Å². The predicted octanol–water partition coefficient (Wildman–Crippen LogP) is 4.86. The Kier molecular flexibility index (Phi) is 10.9. The van der Waals surface area contributed by atoms with Crippen LogP contribution < -0.4 is 20.3 Å². The fraction of sp³-hybridized carbons (Fsp3) is 0.722. The zero-order valence-corrected chi connectivity index (χ0v) is 29.9. The van der Waals surface area contributed by atoms with E-state index in [0.29, 0.717) is 31.3 Å². The molecule has 4 aliphatic rings. The lowest BCUT2D eigenvalue weighted by Gasteiger charge is -2.43. The molecule has 4 fully saturated rings. The average molecular weight is 668 g/mol. The minimum Gasteiger partial charge on any atom is -0.362 e. The molecule has 1 aromatic heterocycles. The molecule has 11 heteroatoms. The Labute approximate surface area is 282 Å². The number of benzene rings is 1. The van der Waals surface area contributed by atoms with E-state index < -0.39 is 16.3 Å². The molecule has 5 unspecified atom stereocenters. The van der Waals surface area contributed by atoms with Crippen molar-refractivity contribution in [2.45, 2.75) is 116 Å². The van der Waals surface area contributed by atoms with Gasteiger partial charge in [0.1, 0.15) is 12.5 Å². The molecule has 260 valence electrons. The molecule has 3 aliphatic heterocycles. The van der Waals surface area contributed by atoms with Gasteiger partial charge in [0.2, 0.25) is 16.0 Å². The summed E-state index contributed by atoms with van der Waals surface area (Å²) >= 11 is 0. The number of hydrogen-bond donors (Lipinski definition) is 3. The van der Waals surface area contributed by atoms with Gasteiger partial charge in [-0.15, -0.1) is 0 Å². The summed E-state index contributed by atoms with van der Waals surface area (Å²) in [6, 6.07) is 8.44. The maximum atomic E-state index is 13.9. The monoisotopic (exact) mass is 667 g/mol. The number of fused-ring (bicyclic) bond motifs is 4. The second kappa shape index (κ2) is 14.8. The van der Waals surface area contributed by atoms with Crippen LogP contribution in [-0.4, -0.2) is 79.9 Å². The van der Waals surface area contributed by atoms with Gasteiger partial charge >= 0.3 is 0 Å². The van der Waals surface area contributed by atoms with Crippen molar-refractivity contribution in [3.05, 3.63) is 53.3 Å². The summed E-state index contributed by atoms with van der Waals surface area (Å²) < 4.78 is 37.7. The minimum atomic E-state index is -3.56. The Morgan fingerprint density at radius 3 is 2.38 bits per heavy atom. The van der Waals surface area contributed by atoms with Crippen LogP contribution in [-0.2, 0) is 14.8 Å². The van der Waals surface area contributed by atoms with E-state index >= 15 is 0 Å². The second-order valence-electron chi connectivity index (χ2n) is 15.9. The maximum absolute atomic E-state index is 13.9. The Balaban J connectivity index is 1.26. The Bertz CT molecular complexity index is 1410. The highest BCUT2D eigenvalue weighted by molar-refractivity contribution is 7.90. The molecule has 4 heterocycles. The SMILES string of the molecule is Cc1cccc(C)c1C1CC2NC(N1)NS(=O)(=O)C1CCCC(C1)CN(CC1CCN(c3ncccn3)CC1)[C@H](CC(C)(C)C)CO2. The van der Waals surface area contributed by atoms with E-state index in [4.69, 9.17) is 4.74 Å². The maximum Gasteiger partial charge on any atom is 0.225 e. The van der Waals surface area contributed by atoms with Crippen LogP contribution in [0.1, 0.15) is 94.9 Å². The van der Waals surface area contributed by atoms with Crippen LogP contribution >= 0.6 is 0 Å². The Morgan fingerprint density at radius 2 is 1.68 bits per heavy atom. The lowest BCUT2D eigenvalue weighted by molar-refractivity contribution is -0.0526. The first-order valence-corrected chi connectivity index (χ1v) is 19.4. The van der Waals surface area contributed by atoms with Gasteiger partial charge in [0.05, 0.1) is 11.9 Å². The van der Waals surface area contributed by atoms with E-state index in [0.717, 1.165) is 70.7 Å². The molecule has 1 saturated carbocycles. The number of aromatic nitrogens is 2. The van der Waals surface area contributed by atoms with Crippen LogP contribution in [0, 0.1) is 31.1 Å². The van der Waals surface area contributed by atoms with E-state index in [9.17, 15) is 8.42 Å². The number of piperidine rings is 1. The van der Waals surface area contributed by atoms with Gasteiger partial charge in [-0.1, -0.05) is 45.4 Å². The number of aryl methyl sites for hydroxylation is 2. The van der Waals surface area contributed by atoms with Gasteiger partial charge in [-0.3, -0.25) is 15.5 Å². The molecule has 0 amide bonds. The van der Waals surface area contributed by atoms with Crippen LogP contribution in [0.2, 0.25) is 0 Å². The number of hydrogen-bond acceptors (Lipinski definition) is 9. The van der Waals surface area contributed by atoms with Gasteiger partial charge in [-0.05, 0) is 92.4 Å². The summed E-state index contributed by atoms with van der Waals surface area (Å²) in [5, 5.41) is 6.72. The molecule has 6 rings (SSSR count). The van der Waals surface area contributed by atoms with Crippen molar-refractivity contribution in [3.63, 3.8) is 0 Å². The van der Waals surface area contributed by atoms with Crippen molar-refractivity contribution in [2.24, 2.45) is 17.3 Å². The van der Waals surface area contributed by atoms with E-state index in [1.165, 1.54) is 16.7 Å². The number of anilines is 1. The molecule has 4 bridgehead atoms. The first-order valence-electron chi connectivity index (χ1n) is 17.9. The van der Waals surface area contributed by atoms with E-state index in [1.807, 2.05) is 18.5 Å². The summed E-state index contributed by atoms with van der Waals surface area (Å²) in [5.74, 6) is 1.73. The third-order valence-corrected chi connectivity index (χ3v) is 12.7. The summed E-state index contributed by atoms with van der Waals surface area (Å²) in [6.45, 7) is 15.7. The Morgan fingerprint density at radius 1 is 0.957 bits per heavy atom. The van der Waals surface area contributed by atoms with Crippen molar-refractivity contribution in [2.75, 3.05) is 37.7 Å². The number of nitrogens with zero attached hydrogens (tertiary/aromatic N) is 4. The van der Waals surface area contributed by atoms with Gasteiger partial charge in [0, 0.05) is 57.1 Å².